The van der Waals surface area contributed by atoms with E-state index in [1.54, 1.807) is 18.2 Å². The van der Waals surface area contributed by atoms with Crippen LogP contribution < -0.4 is 10.1 Å². The molecule has 0 heterocycles. The molecule has 2 atom stereocenters. The number of ether oxygens (including phenoxy) is 1. The third-order valence-electron chi connectivity index (χ3n) is 3.10. The van der Waals surface area contributed by atoms with Crippen LogP contribution in [0.2, 0.25) is 0 Å². The van der Waals surface area contributed by atoms with Gasteiger partial charge in [0.15, 0.2) is 5.78 Å². The molecule has 23 heavy (non-hydrogen) atoms. The summed E-state index contributed by atoms with van der Waals surface area (Å²) >= 11 is 0. The van der Waals surface area contributed by atoms with Gasteiger partial charge in [-0.15, -0.1) is 0 Å². The summed E-state index contributed by atoms with van der Waals surface area (Å²) < 4.78 is 43.1. The van der Waals surface area contributed by atoms with E-state index in [-0.39, 0.29) is 18.9 Å². The van der Waals surface area contributed by atoms with Crippen LogP contribution in [0.1, 0.15) is 23.7 Å². The fraction of sp³-hybridized carbons (Fsp3) is 0.533. The molecule has 0 aliphatic rings. The van der Waals surface area contributed by atoms with Gasteiger partial charge in [-0.05, 0) is 25.5 Å². The van der Waals surface area contributed by atoms with Crippen molar-refractivity contribution in [3.05, 3.63) is 29.8 Å². The molecule has 0 aromatic heterocycles. The SMILES string of the molecule is CC(=O)c1cccc(OC[C@@H](O)CN[C@@H](CCO)C(F)(F)F)c1. The smallest absolute Gasteiger partial charge is 0.403 e. The topological polar surface area (TPSA) is 78.8 Å². The molecule has 0 saturated heterocycles. The van der Waals surface area contributed by atoms with Crippen molar-refractivity contribution in [2.45, 2.75) is 31.7 Å². The van der Waals surface area contributed by atoms with Crippen LogP contribution in [0, 0.1) is 0 Å². The van der Waals surface area contributed by atoms with Gasteiger partial charge in [-0.2, -0.15) is 13.2 Å². The predicted molar refractivity (Wildman–Crippen MR) is 77.5 cm³/mol. The minimum atomic E-state index is -4.50. The van der Waals surface area contributed by atoms with Crippen LogP contribution in [-0.4, -0.2) is 54.1 Å². The summed E-state index contributed by atoms with van der Waals surface area (Å²) in [6, 6.07) is 4.40. The Hall–Kier alpha value is -1.64. The molecule has 1 aromatic carbocycles. The lowest BCUT2D eigenvalue weighted by molar-refractivity contribution is -0.160. The highest BCUT2D eigenvalue weighted by atomic mass is 19.4. The molecule has 0 spiro atoms. The largest absolute Gasteiger partial charge is 0.491 e. The molecule has 0 saturated carbocycles. The Morgan fingerprint density at radius 2 is 2.09 bits per heavy atom. The molecule has 1 aromatic rings. The lowest BCUT2D eigenvalue weighted by atomic mass is 10.1. The molecular formula is C15H20F3NO4. The molecule has 0 fully saturated rings. The van der Waals surface area contributed by atoms with Gasteiger partial charge in [-0.3, -0.25) is 4.79 Å². The van der Waals surface area contributed by atoms with Gasteiger partial charge in [0.05, 0.1) is 0 Å². The summed E-state index contributed by atoms with van der Waals surface area (Å²) in [6.07, 6.45) is -6.16. The Morgan fingerprint density at radius 3 is 2.65 bits per heavy atom. The molecule has 130 valence electrons. The van der Waals surface area contributed by atoms with Crippen molar-refractivity contribution < 1.29 is 32.9 Å². The highest BCUT2D eigenvalue weighted by Gasteiger charge is 2.38. The van der Waals surface area contributed by atoms with Crippen molar-refractivity contribution in [3.63, 3.8) is 0 Å². The molecule has 0 aliphatic carbocycles. The van der Waals surface area contributed by atoms with Crippen LogP contribution in [0.4, 0.5) is 13.2 Å². The van der Waals surface area contributed by atoms with Crippen molar-refractivity contribution in [2.75, 3.05) is 19.8 Å². The highest BCUT2D eigenvalue weighted by molar-refractivity contribution is 5.94. The second kappa shape index (κ2) is 8.85. The quantitative estimate of drug-likeness (QED) is 0.597. The number of nitrogens with one attached hydrogen (secondary N) is 1. The number of aliphatic hydroxyl groups excluding tert-OH is 2. The number of aliphatic hydroxyl groups is 2. The van der Waals surface area contributed by atoms with E-state index in [1.165, 1.54) is 13.0 Å². The number of carbonyl (C=O) groups excluding carboxylic acids is 1. The third kappa shape index (κ3) is 6.98. The Balaban J connectivity index is 2.46. The number of hydrogen-bond acceptors (Lipinski definition) is 5. The van der Waals surface area contributed by atoms with Crippen molar-refractivity contribution in [1.29, 1.82) is 0 Å². The zero-order valence-electron chi connectivity index (χ0n) is 12.6. The summed E-state index contributed by atoms with van der Waals surface area (Å²) in [5, 5.41) is 20.5. The van der Waals surface area contributed by atoms with Gasteiger partial charge in [-0.25, -0.2) is 0 Å². The standard InChI is InChI=1S/C15H20F3NO4/c1-10(21)11-3-2-4-13(7-11)23-9-12(22)8-19-14(5-6-20)15(16,17)18/h2-4,7,12,14,19-20,22H,5-6,8-9H2,1H3/t12-,14-/m0/s1. The summed E-state index contributed by atoms with van der Waals surface area (Å²) in [5.41, 5.74) is 0.440. The first kappa shape index (κ1) is 19.4. The Kier molecular flexibility index (Phi) is 7.47. The lowest BCUT2D eigenvalue weighted by Crippen LogP contribution is -2.46. The number of carbonyl (C=O) groups is 1. The van der Waals surface area contributed by atoms with Gasteiger partial charge >= 0.3 is 6.18 Å². The highest BCUT2D eigenvalue weighted by Crippen LogP contribution is 2.22. The van der Waals surface area contributed by atoms with Gasteiger partial charge in [0.2, 0.25) is 0 Å². The number of rotatable bonds is 9. The average molecular weight is 335 g/mol. The zero-order valence-corrected chi connectivity index (χ0v) is 12.6. The predicted octanol–water partition coefficient (Wildman–Crippen LogP) is 1.53. The van der Waals surface area contributed by atoms with Crippen LogP contribution in [0.25, 0.3) is 0 Å². The first-order valence-corrected chi connectivity index (χ1v) is 7.07. The van der Waals surface area contributed by atoms with E-state index in [4.69, 9.17) is 9.84 Å². The van der Waals surface area contributed by atoms with Crippen molar-refractivity contribution in [2.24, 2.45) is 0 Å². The van der Waals surface area contributed by atoms with E-state index in [0.717, 1.165) is 0 Å². The normalized spacial score (nSPS) is 14.3. The number of benzene rings is 1. The molecule has 0 amide bonds. The van der Waals surface area contributed by atoms with E-state index < -0.39 is 31.3 Å². The number of Topliss-reactive ketones (excluding diaryl/α,β-unsaturated/α-hetero) is 1. The summed E-state index contributed by atoms with van der Waals surface area (Å²) in [5.74, 6) is 0.203. The van der Waals surface area contributed by atoms with Gasteiger partial charge < -0.3 is 20.3 Å². The Labute approximate surface area is 132 Å². The van der Waals surface area contributed by atoms with Crippen molar-refractivity contribution in [1.82, 2.24) is 5.32 Å². The minimum absolute atomic E-state index is 0.144. The van der Waals surface area contributed by atoms with Gasteiger partial charge in [0.25, 0.3) is 0 Å². The van der Waals surface area contributed by atoms with E-state index in [2.05, 4.69) is 5.32 Å². The first-order chi connectivity index (χ1) is 10.7. The molecule has 0 aliphatic heterocycles. The molecule has 0 bridgehead atoms. The molecule has 8 heteroatoms. The summed E-state index contributed by atoms with van der Waals surface area (Å²) in [4.78, 5) is 11.2. The van der Waals surface area contributed by atoms with Gasteiger partial charge in [0, 0.05) is 18.7 Å². The van der Waals surface area contributed by atoms with Crippen LogP contribution in [0.15, 0.2) is 24.3 Å². The fourth-order valence-electron chi connectivity index (χ4n) is 1.85. The molecule has 3 N–H and O–H groups in total. The maximum atomic E-state index is 12.6. The van der Waals surface area contributed by atoms with Crippen LogP contribution in [-0.2, 0) is 0 Å². The van der Waals surface area contributed by atoms with E-state index in [9.17, 15) is 23.1 Å². The maximum absolute atomic E-state index is 12.6. The van der Waals surface area contributed by atoms with E-state index >= 15 is 0 Å². The molecule has 5 nitrogen and oxygen atoms in total. The lowest BCUT2D eigenvalue weighted by Gasteiger charge is -2.22. The fourth-order valence-corrected chi connectivity index (χ4v) is 1.85. The number of ketones is 1. The minimum Gasteiger partial charge on any atom is -0.491 e. The van der Waals surface area contributed by atoms with Gasteiger partial charge in [-0.1, -0.05) is 12.1 Å². The summed E-state index contributed by atoms with van der Waals surface area (Å²) in [6.45, 7) is 0.229. The molecule has 1 rings (SSSR count). The molecular weight excluding hydrogens is 315 g/mol. The summed E-state index contributed by atoms with van der Waals surface area (Å²) in [7, 11) is 0. The number of halogens is 3. The average Bonchev–Trinajstić information content (AvgIpc) is 2.48. The second-order valence-corrected chi connectivity index (χ2v) is 5.06. The Bertz CT molecular complexity index is 508. The second-order valence-electron chi connectivity index (χ2n) is 5.06. The van der Waals surface area contributed by atoms with Crippen LogP contribution >= 0.6 is 0 Å². The van der Waals surface area contributed by atoms with E-state index in [1.807, 2.05) is 0 Å². The first-order valence-electron chi connectivity index (χ1n) is 7.07. The third-order valence-corrected chi connectivity index (χ3v) is 3.10. The van der Waals surface area contributed by atoms with E-state index in [0.29, 0.717) is 11.3 Å². The number of alkyl halides is 3. The van der Waals surface area contributed by atoms with Gasteiger partial charge in [0.1, 0.15) is 24.5 Å². The van der Waals surface area contributed by atoms with Crippen LogP contribution in [0.3, 0.4) is 0 Å². The van der Waals surface area contributed by atoms with Crippen molar-refractivity contribution >= 4 is 5.78 Å². The molecule has 0 radical (unpaired) electrons. The van der Waals surface area contributed by atoms with Crippen molar-refractivity contribution in [3.8, 4) is 5.75 Å². The molecule has 0 unspecified atom stereocenters. The zero-order chi connectivity index (χ0) is 17.5. The number of hydrogen-bond donors (Lipinski definition) is 3. The monoisotopic (exact) mass is 335 g/mol. The maximum Gasteiger partial charge on any atom is 0.403 e. The van der Waals surface area contributed by atoms with Crippen LogP contribution in [0.5, 0.6) is 5.75 Å². The Morgan fingerprint density at radius 1 is 1.39 bits per heavy atom.